The topological polar surface area (TPSA) is 64.3 Å². The quantitative estimate of drug-likeness (QED) is 0.774. The molecule has 0 bridgehead atoms. The fraction of sp³-hybridized carbons (Fsp3) is 0.636. The van der Waals surface area contributed by atoms with Crippen LogP contribution in [0.2, 0.25) is 0 Å². The molecule has 0 spiro atoms. The normalized spacial score (nSPS) is 10.8. The summed E-state index contributed by atoms with van der Waals surface area (Å²) in [6.45, 7) is 5.90. The van der Waals surface area contributed by atoms with E-state index in [1.165, 1.54) is 0 Å². The summed E-state index contributed by atoms with van der Waals surface area (Å²) < 4.78 is 5.49. The molecule has 1 aromatic rings. The number of hydrogen-bond acceptors (Lipinski definition) is 5. The Morgan fingerprint density at radius 2 is 2.06 bits per heavy atom. The molecule has 0 aliphatic carbocycles. The van der Waals surface area contributed by atoms with Gasteiger partial charge >= 0.3 is 0 Å². The predicted octanol–water partition coefficient (Wildman–Crippen LogP) is 0.796. The molecular formula is C11H20N4O. The molecule has 16 heavy (non-hydrogen) atoms. The molecule has 0 radical (unpaired) electrons. The Morgan fingerprint density at radius 1 is 1.38 bits per heavy atom. The van der Waals surface area contributed by atoms with E-state index in [1.807, 2.05) is 25.8 Å². The Bertz CT molecular complexity index is 317. The Kier molecular flexibility index (Phi) is 5.14. The average molecular weight is 224 g/mol. The maximum absolute atomic E-state index is 5.60. The van der Waals surface area contributed by atoms with Crippen molar-refractivity contribution in [3.63, 3.8) is 0 Å². The highest BCUT2D eigenvalue weighted by Gasteiger charge is 2.08. The van der Waals surface area contributed by atoms with Gasteiger partial charge in [-0.2, -0.15) is 0 Å². The molecule has 2 N–H and O–H groups in total. The molecule has 0 aliphatic heterocycles. The minimum absolute atomic E-state index is 0.254. The van der Waals surface area contributed by atoms with Crippen LogP contribution in [0, 0.1) is 0 Å². The molecule has 90 valence electrons. The van der Waals surface area contributed by atoms with Crippen LogP contribution in [0.3, 0.4) is 0 Å². The minimum atomic E-state index is 0.254. The number of anilines is 1. The third kappa shape index (κ3) is 3.75. The van der Waals surface area contributed by atoms with Crippen LogP contribution in [0.15, 0.2) is 12.4 Å². The molecule has 1 rings (SSSR count). The Labute approximate surface area is 96.6 Å². The number of aromatic nitrogens is 2. The van der Waals surface area contributed by atoms with E-state index in [4.69, 9.17) is 10.5 Å². The van der Waals surface area contributed by atoms with Gasteiger partial charge in [0.1, 0.15) is 0 Å². The molecule has 0 saturated heterocycles. The highest BCUT2D eigenvalue weighted by Crippen LogP contribution is 2.11. The summed E-state index contributed by atoms with van der Waals surface area (Å²) in [6, 6.07) is 0. The summed E-state index contributed by atoms with van der Waals surface area (Å²) >= 11 is 0. The zero-order valence-corrected chi connectivity index (χ0v) is 10.2. The van der Waals surface area contributed by atoms with Crippen molar-refractivity contribution in [1.82, 2.24) is 9.97 Å². The zero-order chi connectivity index (χ0) is 12.0. The SMILES string of the molecule is CC(C)OCCN(C)c1nccnc1CN. The van der Waals surface area contributed by atoms with E-state index < -0.39 is 0 Å². The number of likely N-dealkylation sites (N-methyl/N-ethyl adjacent to an activating group) is 1. The first-order chi connectivity index (χ1) is 7.65. The summed E-state index contributed by atoms with van der Waals surface area (Å²) in [5.41, 5.74) is 6.42. The average Bonchev–Trinajstić information content (AvgIpc) is 2.28. The molecule has 0 aromatic carbocycles. The summed E-state index contributed by atoms with van der Waals surface area (Å²) in [5.74, 6) is 0.831. The maximum Gasteiger partial charge on any atom is 0.151 e. The van der Waals surface area contributed by atoms with E-state index in [2.05, 4.69) is 9.97 Å². The van der Waals surface area contributed by atoms with Crippen LogP contribution >= 0.6 is 0 Å². The van der Waals surface area contributed by atoms with E-state index in [0.29, 0.717) is 13.2 Å². The monoisotopic (exact) mass is 224 g/mol. The molecular weight excluding hydrogens is 204 g/mol. The molecule has 5 heteroatoms. The fourth-order valence-corrected chi connectivity index (χ4v) is 1.35. The van der Waals surface area contributed by atoms with Crippen molar-refractivity contribution in [1.29, 1.82) is 0 Å². The third-order valence-corrected chi connectivity index (χ3v) is 2.18. The van der Waals surface area contributed by atoms with E-state index in [-0.39, 0.29) is 6.10 Å². The highest BCUT2D eigenvalue weighted by molar-refractivity contribution is 5.41. The zero-order valence-electron chi connectivity index (χ0n) is 10.2. The second-order valence-electron chi connectivity index (χ2n) is 3.87. The van der Waals surface area contributed by atoms with Crippen LogP contribution in [0.25, 0.3) is 0 Å². The van der Waals surface area contributed by atoms with Crippen molar-refractivity contribution >= 4 is 5.82 Å². The van der Waals surface area contributed by atoms with Crippen molar-refractivity contribution in [3.8, 4) is 0 Å². The van der Waals surface area contributed by atoms with Gasteiger partial charge in [-0.05, 0) is 13.8 Å². The van der Waals surface area contributed by atoms with Crippen molar-refractivity contribution in [2.24, 2.45) is 5.73 Å². The van der Waals surface area contributed by atoms with Gasteiger partial charge in [0.15, 0.2) is 5.82 Å². The lowest BCUT2D eigenvalue weighted by Gasteiger charge is -2.20. The molecule has 0 saturated carbocycles. The van der Waals surface area contributed by atoms with Crippen LogP contribution < -0.4 is 10.6 Å². The minimum Gasteiger partial charge on any atom is -0.377 e. The van der Waals surface area contributed by atoms with Gasteiger partial charge in [0, 0.05) is 32.5 Å². The van der Waals surface area contributed by atoms with Crippen LogP contribution in [-0.2, 0) is 11.3 Å². The van der Waals surface area contributed by atoms with Crippen LogP contribution in [-0.4, -0.2) is 36.3 Å². The van der Waals surface area contributed by atoms with Gasteiger partial charge in [0.25, 0.3) is 0 Å². The summed E-state index contributed by atoms with van der Waals surface area (Å²) in [4.78, 5) is 10.5. The van der Waals surface area contributed by atoms with Gasteiger partial charge in [-0.25, -0.2) is 4.98 Å². The summed E-state index contributed by atoms with van der Waals surface area (Å²) in [7, 11) is 1.97. The second-order valence-corrected chi connectivity index (χ2v) is 3.87. The highest BCUT2D eigenvalue weighted by atomic mass is 16.5. The van der Waals surface area contributed by atoms with Crippen molar-refractivity contribution in [3.05, 3.63) is 18.1 Å². The first kappa shape index (κ1) is 12.9. The van der Waals surface area contributed by atoms with Gasteiger partial charge in [-0.1, -0.05) is 0 Å². The lowest BCUT2D eigenvalue weighted by molar-refractivity contribution is 0.0845. The van der Waals surface area contributed by atoms with Gasteiger partial charge in [0.05, 0.1) is 18.4 Å². The first-order valence-electron chi connectivity index (χ1n) is 5.47. The molecule has 1 heterocycles. The van der Waals surface area contributed by atoms with Gasteiger partial charge in [-0.3, -0.25) is 4.98 Å². The molecule has 1 aromatic heterocycles. The number of nitrogens with two attached hydrogens (primary N) is 1. The molecule has 0 amide bonds. The summed E-state index contributed by atoms with van der Waals surface area (Å²) in [6.07, 6.45) is 3.59. The maximum atomic E-state index is 5.60. The second kappa shape index (κ2) is 6.40. The van der Waals surface area contributed by atoms with Crippen molar-refractivity contribution in [2.75, 3.05) is 25.1 Å². The number of nitrogens with zero attached hydrogens (tertiary/aromatic N) is 3. The van der Waals surface area contributed by atoms with E-state index in [9.17, 15) is 0 Å². The Hall–Kier alpha value is -1.20. The first-order valence-corrected chi connectivity index (χ1v) is 5.47. The third-order valence-electron chi connectivity index (χ3n) is 2.18. The van der Waals surface area contributed by atoms with E-state index in [1.54, 1.807) is 12.4 Å². The van der Waals surface area contributed by atoms with Gasteiger partial charge in [-0.15, -0.1) is 0 Å². The van der Waals surface area contributed by atoms with Gasteiger partial charge in [0.2, 0.25) is 0 Å². The molecule has 0 aliphatic rings. The predicted molar refractivity (Wildman–Crippen MR) is 64.3 cm³/mol. The molecule has 0 atom stereocenters. The number of hydrogen-bond donors (Lipinski definition) is 1. The molecule has 5 nitrogen and oxygen atoms in total. The van der Waals surface area contributed by atoms with E-state index in [0.717, 1.165) is 18.1 Å². The van der Waals surface area contributed by atoms with Gasteiger partial charge < -0.3 is 15.4 Å². The number of rotatable bonds is 6. The lowest BCUT2D eigenvalue weighted by Crippen LogP contribution is -2.26. The Morgan fingerprint density at radius 3 is 2.69 bits per heavy atom. The van der Waals surface area contributed by atoms with Crippen LogP contribution in [0.1, 0.15) is 19.5 Å². The lowest BCUT2D eigenvalue weighted by atomic mass is 10.3. The van der Waals surface area contributed by atoms with Crippen molar-refractivity contribution < 1.29 is 4.74 Å². The van der Waals surface area contributed by atoms with E-state index >= 15 is 0 Å². The standard InChI is InChI=1S/C11H20N4O/c1-9(2)16-7-6-15(3)11-10(8-12)13-4-5-14-11/h4-5,9H,6-8,12H2,1-3H3. The fourth-order valence-electron chi connectivity index (χ4n) is 1.35. The largest absolute Gasteiger partial charge is 0.377 e. The number of ether oxygens (including phenoxy) is 1. The molecule has 0 fully saturated rings. The van der Waals surface area contributed by atoms with Crippen LogP contribution in [0.5, 0.6) is 0 Å². The molecule has 0 unspecified atom stereocenters. The summed E-state index contributed by atoms with van der Waals surface area (Å²) in [5, 5.41) is 0. The van der Waals surface area contributed by atoms with Crippen molar-refractivity contribution in [2.45, 2.75) is 26.5 Å². The smallest absolute Gasteiger partial charge is 0.151 e. The Balaban J connectivity index is 2.55. The van der Waals surface area contributed by atoms with Crippen LogP contribution in [0.4, 0.5) is 5.82 Å².